The number of nitrogens with one attached hydrogen (secondary N) is 2. The van der Waals surface area contributed by atoms with E-state index in [1.807, 2.05) is 56.3 Å². The van der Waals surface area contributed by atoms with Gasteiger partial charge < -0.3 is 16.4 Å². The van der Waals surface area contributed by atoms with Crippen LogP contribution in [0.1, 0.15) is 34.8 Å². The highest BCUT2D eigenvalue weighted by molar-refractivity contribution is 14.0. The normalized spacial score (nSPS) is 10.7. The molecule has 0 aliphatic heterocycles. The van der Waals surface area contributed by atoms with Crippen LogP contribution in [0, 0.1) is 6.92 Å². The van der Waals surface area contributed by atoms with Gasteiger partial charge in [0.15, 0.2) is 5.96 Å². The SMILES string of the molecule is CCCNC(=O)c1cccc(CN=C(N)Nc2ccc(C)cc2)c1.I. The molecule has 0 saturated heterocycles. The maximum Gasteiger partial charge on any atom is 0.251 e. The van der Waals surface area contributed by atoms with Crippen LogP contribution in [0.5, 0.6) is 0 Å². The molecule has 1 amide bonds. The van der Waals surface area contributed by atoms with E-state index in [2.05, 4.69) is 15.6 Å². The van der Waals surface area contributed by atoms with Crippen molar-refractivity contribution in [3.8, 4) is 0 Å². The highest BCUT2D eigenvalue weighted by atomic mass is 127. The fraction of sp³-hybridized carbons (Fsp3) is 0.263. The maximum atomic E-state index is 12.0. The topological polar surface area (TPSA) is 79.5 Å². The second-order valence-electron chi connectivity index (χ2n) is 5.65. The molecule has 0 aliphatic rings. The van der Waals surface area contributed by atoms with E-state index in [4.69, 9.17) is 5.73 Å². The highest BCUT2D eigenvalue weighted by Crippen LogP contribution is 2.09. The maximum absolute atomic E-state index is 12.0. The van der Waals surface area contributed by atoms with Crippen molar-refractivity contribution in [1.29, 1.82) is 0 Å². The summed E-state index contributed by atoms with van der Waals surface area (Å²) in [5.74, 6) is 0.285. The first-order chi connectivity index (χ1) is 11.6. The number of rotatable bonds is 6. The number of hydrogen-bond acceptors (Lipinski definition) is 2. The molecule has 2 aromatic rings. The van der Waals surface area contributed by atoms with Crippen LogP contribution >= 0.6 is 24.0 Å². The molecule has 0 radical (unpaired) electrons. The second kappa shape index (κ2) is 10.7. The molecule has 25 heavy (non-hydrogen) atoms. The third kappa shape index (κ3) is 7.13. The van der Waals surface area contributed by atoms with E-state index in [0.717, 1.165) is 17.7 Å². The number of hydrogen-bond donors (Lipinski definition) is 3. The summed E-state index contributed by atoms with van der Waals surface area (Å²) in [6.45, 7) is 5.15. The summed E-state index contributed by atoms with van der Waals surface area (Å²) >= 11 is 0. The molecule has 0 spiro atoms. The average Bonchev–Trinajstić information content (AvgIpc) is 2.60. The molecule has 0 heterocycles. The lowest BCUT2D eigenvalue weighted by Gasteiger charge is -2.07. The van der Waals surface area contributed by atoms with Gasteiger partial charge in [-0.05, 0) is 43.2 Å². The highest BCUT2D eigenvalue weighted by Gasteiger charge is 2.05. The number of aryl methyl sites for hydroxylation is 1. The molecule has 4 N–H and O–H groups in total. The van der Waals surface area contributed by atoms with Crippen LogP contribution in [0.4, 0.5) is 5.69 Å². The van der Waals surface area contributed by atoms with Crippen LogP contribution in [0.2, 0.25) is 0 Å². The fourth-order valence-electron chi connectivity index (χ4n) is 2.15. The molecule has 6 heteroatoms. The van der Waals surface area contributed by atoms with Crippen LogP contribution in [-0.2, 0) is 6.54 Å². The zero-order valence-electron chi connectivity index (χ0n) is 14.6. The van der Waals surface area contributed by atoms with Crippen LogP contribution in [0.15, 0.2) is 53.5 Å². The summed E-state index contributed by atoms with van der Waals surface area (Å²) < 4.78 is 0. The lowest BCUT2D eigenvalue weighted by atomic mass is 10.1. The Hall–Kier alpha value is -2.09. The Morgan fingerprint density at radius 1 is 1.16 bits per heavy atom. The smallest absolute Gasteiger partial charge is 0.251 e. The van der Waals surface area contributed by atoms with E-state index in [9.17, 15) is 4.79 Å². The Bertz CT molecular complexity index is 714. The van der Waals surface area contributed by atoms with E-state index in [1.54, 1.807) is 6.07 Å². The van der Waals surface area contributed by atoms with Gasteiger partial charge in [-0.15, -0.1) is 24.0 Å². The molecule has 0 atom stereocenters. The Balaban J connectivity index is 0.00000312. The lowest BCUT2D eigenvalue weighted by molar-refractivity contribution is 0.0953. The molecule has 5 nitrogen and oxygen atoms in total. The van der Waals surface area contributed by atoms with Gasteiger partial charge in [0.1, 0.15) is 0 Å². The van der Waals surface area contributed by atoms with Crippen molar-refractivity contribution >= 4 is 41.5 Å². The van der Waals surface area contributed by atoms with Crippen molar-refractivity contribution in [3.63, 3.8) is 0 Å². The fourth-order valence-corrected chi connectivity index (χ4v) is 2.15. The third-order valence-corrected chi connectivity index (χ3v) is 3.48. The van der Waals surface area contributed by atoms with Gasteiger partial charge in [-0.1, -0.05) is 36.8 Å². The first kappa shape index (κ1) is 21.0. The van der Waals surface area contributed by atoms with Gasteiger partial charge in [0.2, 0.25) is 0 Å². The van der Waals surface area contributed by atoms with E-state index < -0.39 is 0 Å². The van der Waals surface area contributed by atoms with Crippen LogP contribution < -0.4 is 16.4 Å². The Morgan fingerprint density at radius 2 is 1.88 bits per heavy atom. The van der Waals surface area contributed by atoms with Gasteiger partial charge in [-0.3, -0.25) is 4.79 Å². The van der Waals surface area contributed by atoms with E-state index in [1.165, 1.54) is 5.56 Å². The predicted octanol–water partition coefficient (Wildman–Crippen LogP) is 3.68. The van der Waals surface area contributed by atoms with Crippen molar-refractivity contribution in [2.45, 2.75) is 26.8 Å². The number of halogens is 1. The summed E-state index contributed by atoms with van der Waals surface area (Å²) in [6, 6.07) is 15.4. The number of anilines is 1. The van der Waals surface area contributed by atoms with E-state index in [0.29, 0.717) is 24.6 Å². The molecule has 0 bridgehead atoms. The number of aliphatic imine (C=N–C) groups is 1. The molecule has 0 aliphatic carbocycles. The van der Waals surface area contributed by atoms with Gasteiger partial charge in [-0.25, -0.2) is 4.99 Å². The van der Waals surface area contributed by atoms with E-state index in [-0.39, 0.29) is 29.9 Å². The largest absolute Gasteiger partial charge is 0.370 e. The summed E-state index contributed by atoms with van der Waals surface area (Å²) in [7, 11) is 0. The van der Waals surface area contributed by atoms with Gasteiger partial charge in [0, 0.05) is 17.8 Å². The summed E-state index contributed by atoms with van der Waals surface area (Å²) in [5.41, 5.74) is 9.58. The summed E-state index contributed by atoms with van der Waals surface area (Å²) in [4.78, 5) is 16.3. The summed E-state index contributed by atoms with van der Waals surface area (Å²) in [5, 5.41) is 5.92. The van der Waals surface area contributed by atoms with Crippen molar-refractivity contribution in [2.75, 3.05) is 11.9 Å². The van der Waals surface area contributed by atoms with Crippen molar-refractivity contribution in [1.82, 2.24) is 5.32 Å². The monoisotopic (exact) mass is 452 g/mol. The zero-order valence-corrected chi connectivity index (χ0v) is 16.9. The minimum atomic E-state index is -0.0616. The van der Waals surface area contributed by atoms with Crippen LogP contribution in [0.25, 0.3) is 0 Å². The first-order valence-corrected chi connectivity index (χ1v) is 8.09. The van der Waals surface area contributed by atoms with Crippen molar-refractivity contribution in [2.24, 2.45) is 10.7 Å². The Labute approximate surface area is 166 Å². The number of guanidine groups is 1. The molecule has 0 unspecified atom stereocenters. The Morgan fingerprint density at radius 3 is 2.56 bits per heavy atom. The minimum absolute atomic E-state index is 0. The quantitative estimate of drug-likeness (QED) is 0.356. The molecule has 134 valence electrons. The van der Waals surface area contributed by atoms with Crippen molar-refractivity contribution in [3.05, 3.63) is 65.2 Å². The van der Waals surface area contributed by atoms with E-state index >= 15 is 0 Å². The molecule has 2 rings (SSSR count). The van der Waals surface area contributed by atoms with Gasteiger partial charge in [-0.2, -0.15) is 0 Å². The number of carbonyl (C=O) groups excluding carboxylic acids is 1. The minimum Gasteiger partial charge on any atom is -0.370 e. The molecular formula is C19H25IN4O. The second-order valence-corrected chi connectivity index (χ2v) is 5.65. The zero-order chi connectivity index (χ0) is 17.4. The number of carbonyl (C=O) groups is 1. The Kier molecular flexibility index (Phi) is 8.98. The number of benzene rings is 2. The van der Waals surface area contributed by atoms with Crippen LogP contribution in [0.3, 0.4) is 0 Å². The van der Waals surface area contributed by atoms with Gasteiger partial charge in [0.25, 0.3) is 5.91 Å². The molecule has 2 aromatic carbocycles. The first-order valence-electron chi connectivity index (χ1n) is 8.09. The molecular weight excluding hydrogens is 427 g/mol. The van der Waals surface area contributed by atoms with Gasteiger partial charge >= 0.3 is 0 Å². The van der Waals surface area contributed by atoms with Gasteiger partial charge in [0.05, 0.1) is 6.54 Å². The number of nitrogens with zero attached hydrogens (tertiary/aromatic N) is 1. The average molecular weight is 452 g/mol. The lowest BCUT2D eigenvalue weighted by Crippen LogP contribution is -2.24. The standard InChI is InChI=1S/C19H24N4O.HI/c1-3-11-21-18(24)16-6-4-5-15(12-16)13-22-19(20)23-17-9-7-14(2)8-10-17;/h4-10,12H,3,11,13H2,1-2H3,(H,21,24)(H3,20,22,23);1H. The summed E-state index contributed by atoms with van der Waals surface area (Å²) in [6.07, 6.45) is 0.914. The van der Waals surface area contributed by atoms with Crippen LogP contribution in [-0.4, -0.2) is 18.4 Å². The predicted molar refractivity (Wildman–Crippen MR) is 115 cm³/mol. The third-order valence-electron chi connectivity index (χ3n) is 3.48. The van der Waals surface area contributed by atoms with Crippen molar-refractivity contribution < 1.29 is 4.79 Å². The molecule has 0 aromatic heterocycles. The number of nitrogens with two attached hydrogens (primary N) is 1. The number of amides is 1. The molecule has 0 fully saturated rings. The molecule has 0 saturated carbocycles.